The van der Waals surface area contributed by atoms with Gasteiger partial charge in [-0.05, 0) is 18.6 Å². The van der Waals surface area contributed by atoms with Crippen molar-refractivity contribution < 1.29 is 8.42 Å². The zero-order valence-corrected chi connectivity index (χ0v) is 9.05. The molecule has 0 aliphatic rings. The number of hydrogen-bond acceptors (Lipinski definition) is 2. The van der Waals surface area contributed by atoms with Crippen LogP contribution in [0.15, 0.2) is 35.2 Å². The van der Waals surface area contributed by atoms with Crippen molar-refractivity contribution in [2.75, 3.05) is 6.54 Å². The van der Waals surface area contributed by atoms with Gasteiger partial charge in [0.2, 0.25) is 10.0 Å². The third-order valence-electron chi connectivity index (χ3n) is 1.88. The van der Waals surface area contributed by atoms with E-state index in [1.165, 1.54) is 0 Å². The molecule has 1 N–H and O–H groups in total. The van der Waals surface area contributed by atoms with Crippen molar-refractivity contribution in [1.29, 1.82) is 0 Å². The average molecular weight is 213 g/mol. The minimum Gasteiger partial charge on any atom is -0.211 e. The molecule has 1 aromatic rings. The van der Waals surface area contributed by atoms with Gasteiger partial charge in [0, 0.05) is 6.54 Å². The van der Waals surface area contributed by atoms with Crippen LogP contribution >= 0.6 is 0 Å². The third kappa shape index (κ3) is 3.12. The Morgan fingerprint density at radius 3 is 2.43 bits per heavy atom. The van der Waals surface area contributed by atoms with E-state index < -0.39 is 10.0 Å². The summed E-state index contributed by atoms with van der Waals surface area (Å²) in [4.78, 5) is 0.330. The van der Waals surface area contributed by atoms with E-state index in [9.17, 15) is 8.42 Å². The second-order valence-electron chi connectivity index (χ2n) is 3.06. The molecule has 3 nitrogen and oxygen atoms in total. The number of hydrogen-bond donors (Lipinski definition) is 1. The van der Waals surface area contributed by atoms with E-state index in [0.29, 0.717) is 11.4 Å². The molecule has 0 aliphatic carbocycles. The highest BCUT2D eigenvalue weighted by atomic mass is 32.2. The molecule has 0 radical (unpaired) electrons. The smallest absolute Gasteiger partial charge is 0.211 e. The van der Waals surface area contributed by atoms with E-state index in [4.69, 9.17) is 0 Å². The van der Waals surface area contributed by atoms with E-state index in [2.05, 4.69) is 4.72 Å². The fourth-order valence-corrected chi connectivity index (χ4v) is 2.16. The normalized spacial score (nSPS) is 11.5. The first kappa shape index (κ1) is 11.2. The maximum atomic E-state index is 11.6. The quantitative estimate of drug-likeness (QED) is 0.758. The molecular weight excluding hydrogens is 198 g/mol. The summed E-state index contributed by atoms with van der Waals surface area (Å²) in [5, 5.41) is 0. The van der Waals surface area contributed by atoms with E-state index in [-0.39, 0.29) is 0 Å². The maximum absolute atomic E-state index is 11.6. The van der Waals surface area contributed by atoms with Crippen LogP contribution in [0.1, 0.15) is 19.8 Å². The summed E-state index contributed by atoms with van der Waals surface area (Å²) in [6.07, 6.45) is 1.85. The summed E-state index contributed by atoms with van der Waals surface area (Å²) < 4.78 is 25.7. The minimum absolute atomic E-state index is 0.330. The van der Waals surface area contributed by atoms with Gasteiger partial charge in [0.1, 0.15) is 0 Å². The predicted octanol–water partition coefficient (Wildman–Crippen LogP) is 1.77. The van der Waals surface area contributed by atoms with E-state index in [1.807, 2.05) is 6.92 Å². The fourth-order valence-electron chi connectivity index (χ4n) is 1.07. The van der Waals surface area contributed by atoms with E-state index in [1.54, 1.807) is 30.3 Å². The highest BCUT2D eigenvalue weighted by molar-refractivity contribution is 7.89. The SMILES string of the molecule is CCCCNS(=O)(=O)c1ccccc1. The summed E-state index contributed by atoms with van der Waals surface area (Å²) in [7, 11) is -3.28. The molecule has 0 saturated heterocycles. The van der Waals surface area contributed by atoms with Crippen LogP contribution in [-0.4, -0.2) is 15.0 Å². The van der Waals surface area contributed by atoms with Gasteiger partial charge in [-0.2, -0.15) is 0 Å². The minimum atomic E-state index is -3.28. The van der Waals surface area contributed by atoms with Crippen LogP contribution in [-0.2, 0) is 10.0 Å². The molecule has 0 unspecified atom stereocenters. The lowest BCUT2D eigenvalue weighted by atomic mass is 10.3. The summed E-state index contributed by atoms with van der Waals surface area (Å²) in [6.45, 7) is 2.53. The van der Waals surface area contributed by atoms with Crippen molar-refractivity contribution in [2.24, 2.45) is 0 Å². The number of benzene rings is 1. The zero-order chi connectivity index (χ0) is 10.4. The second kappa shape index (κ2) is 5.12. The van der Waals surface area contributed by atoms with E-state index >= 15 is 0 Å². The Hall–Kier alpha value is -0.870. The van der Waals surface area contributed by atoms with Gasteiger partial charge in [0.05, 0.1) is 4.90 Å². The molecule has 1 rings (SSSR count). The van der Waals surface area contributed by atoms with Crippen molar-refractivity contribution in [3.05, 3.63) is 30.3 Å². The maximum Gasteiger partial charge on any atom is 0.240 e. The lowest BCUT2D eigenvalue weighted by molar-refractivity contribution is 0.578. The lowest BCUT2D eigenvalue weighted by Gasteiger charge is -2.04. The van der Waals surface area contributed by atoms with Gasteiger partial charge in [-0.3, -0.25) is 0 Å². The lowest BCUT2D eigenvalue weighted by Crippen LogP contribution is -2.24. The van der Waals surface area contributed by atoms with Crippen molar-refractivity contribution in [1.82, 2.24) is 4.72 Å². The van der Waals surface area contributed by atoms with Crippen molar-refractivity contribution in [3.63, 3.8) is 0 Å². The van der Waals surface area contributed by atoms with Gasteiger partial charge >= 0.3 is 0 Å². The fraction of sp³-hybridized carbons (Fsp3) is 0.400. The molecule has 0 atom stereocenters. The molecule has 14 heavy (non-hydrogen) atoms. The highest BCUT2D eigenvalue weighted by Crippen LogP contribution is 2.06. The predicted molar refractivity (Wildman–Crippen MR) is 56.5 cm³/mol. The van der Waals surface area contributed by atoms with Crippen LogP contribution in [0.2, 0.25) is 0 Å². The molecule has 0 heterocycles. The van der Waals surface area contributed by atoms with Crippen LogP contribution in [0.5, 0.6) is 0 Å². The number of nitrogens with one attached hydrogen (secondary N) is 1. The van der Waals surface area contributed by atoms with Crippen molar-refractivity contribution in [2.45, 2.75) is 24.7 Å². The van der Waals surface area contributed by atoms with E-state index in [0.717, 1.165) is 12.8 Å². The standard InChI is InChI=1S/C10H15NO2S/c1-2-3-9-11-14(12,13)10-7-5-4-6-8-10/h4-8,11H,2-3,9H2,1H3. The molecule has 0 saturated carbocycles. The molecule has 0 bridgehead atoms. The summed E-state index contributed by atoms with van der Waals surface area (Å²) in [5.41, 5.74) is 0. The Morgan fingerprint density at radius 1 is 1.21 bits per heavy atom. The number of sulfonamides is 1. The summed E-state index contributed by atoms with van der Waals surface area (Å²) in [5.74, 6) is 0. The topological polar surface area (TPSA) is 46.2 Å². The van der Waals surface area contributed by atoms with Gasteiger partial charge in [0.25, 0.3) is 0 Å². The van der Waals surface area contributed by atoms with Crippen molar-refractivity contribution >= 4 is 10.0 Å². The average Bonchev–Trinajstić information content (AvgIpc) is 2.19. The largest absolute Gasteiger partial charge is 0.240 e. The highest BCUT2D eigenvalue weighted by Gasteiger charge is 2.11. The molecule has 78 valence electrons. The monoisotopic (exact) mass is 213 g/mol. The first-order chi connectivity index (χ1) is 6.67. The van der Waals surface area contributed by atoms with Gasteiger partial charge < -0.3 is 0 Å². The molecular formula is C10H15NO2S. The first-order valence-electron chi connectivity index (χ1n) is 4.71. The molecule has 0 aromatic heterocycles. The van der Waals surface area contributed by atoms with Gasteiger partial charge in [0.15, 0.2) is 0 Å². The zero-order valence-electron chi connectivity index (χ0n) is 8.23. The van der Waals surface area contributed by atoms with Crippen LogP contribution in [0.25, 0.3) is 0 Å². The Bertz CT molecular complexity index is 359. The Morgan fingerprint density at radius 2 is 1.86 bits per heavy atom. The molecule has 0 spiro atoms. The third-order valence-corrected chi connectivity index (χ3v) is 3.35. The van der Waals surface area contributed by atoms with Crippen LogP contribution in [0.4, 0.5) is 0 Å². The van der Waals surface area contributed by atoms with Crippen molar-refractivity contribution in [3.8, 4) is 0 Å². The number of rotatable bonds is 5. The van der Waals surface area contributed by atoms with Crippen LogP contribution in [0.3, 0.4) is 0 Å². The first-order valence-corrected chi connectivity index (χ1v) is 6.20. The Kier molecular flexibility index (Phi) is 4.10. The number of unbranched alkanes of at least 4 members (excludes halogenated alkanes) is 1. The van der Waals surface area contributed by atoms with Crippen LogP contribution < -0.4 is 4.72 Å². The molecule has 0 fully saturated rings. The van der Waals surface area contributed by atoms with Gasteiger partial charge in [-0.1, -0.05) is 31.5 Å². The Labute approximate surface area is 85.2 Å². The molecule has 0 aliphatic heterocycles. The van der Waals surface area contributed by atoms with Crippen LogP contribution in [0, 0.1) is 0 Å². The second-order valence-corrected chi connectivity index (χ2v) is 4.83. The summed E-state index contributed by atoms with van der Waals surface area (Å²) in [6, 6.07) is 8.41. The summed E-state index contributed by atoms with van der Waals surface area (Å²) >= 11 is 0. The Balaban J connectivity index is 2.67. The van der Waals surface area contributed by atoms with Gasteiger partial charge in [-0.25, -0.2) is 13.1 Å². The molecule has 0 amide bonds. The molecule has 4 heteroatoms. The molecule has 1 aromatic carbocycles. The van der Waals surface area contributed by atoms with Gasteiger partial charge in [-0.15, -0.1) is 0 Å².